The minimum absolute atomic E-state index is 0.0633. The fourth-order valence-corrected chi connectivity index (χ4v) is 9.10. The number of carboxylic acids is 1. The average molecular weight is 722 g/mol. The van der Waals surface area contributed by atoms with Gasteiger partial charge in [-0.2, -0.15) is 0 Å². The van der Waals surface area contributed by atoms with Crippen molar-refractivity contribution in [3.63, 3.8) is 0 Å². The first-order valence-electron chi connectivity index (χ1n) is 18.7. The van der Waals surface area contributed by atoms with Gasteiger partial charge in [0.2, 0.25) is 5.91 Å². The van der Waals surface area contributed by atoms with E-state index < -0.39 is 23.9 Å². The number of morpholine rings is 1. The molecule has 10 nitrogen and oxygen atoms in total. The third-order valence-corrected chi connectivity index (χ3v) is 12.4. The van der Waals surface area contributed by atoms with Crippen molar-refractivity contribution in [2.75, 3.05) is 71.1 Å². The summed E-state index contributed by atoms with van der Waals surface area (Å²) in [4.78, 5) is 32.4. The molecule has 1 amide bonds. The summed E-state index contributed by atoms with van der Waals surface area (Å²) in [6.45, 7) is 8.34. The fourth-order valence-electron chi connectivity index (χ4n) is 8.91. The highest BCUT2D eigenvalue weighted by Gasteiger charge is 2.46. The van der Waals surface area contributed by atoms with Gasteiger partial charge >= 0.3 is 5.97 Å². The van der Waals surface area contributed by atoms with E-state index in [1.165, 1.54) is 16.0 Å². The molecular formula is C40H52ClN3O7. The molecule has 1 spiro atoms. The number of benzene rings is 2. The van der Waals surface area contributed by atoms with E-state index in [1.807, 2.05) is 6.07 Å². The van der Waals surface area contributed by atoms with Gasteiger partial charge in [0.05, 0.1) is 44.6 Å². The molecule has 5 aliphatic rings. The minimum Gasteiger partial charge on any atom is -0.490 e. The largest absolute Gasteiger partial charge is 0.490 e. The highest BCUT2D eigenvalue weighted by atomic mass is 35.5. The minimum atomic E-state index is -2.40. The van der Waals surface area contributed by atoms with Crippen LogP contribution in [0, 0.1) is 11.8 Å². The van der Waals surface area contributed by atoms with E-state index >= 15 is 0 Å². The number of hydrogen-bond donors (Lipinski definition) is 2. The van der Waals surface area contributed by atoms with E-state index in [0.29, 0.717) is 56.4 Å². The Morgan fingerprint density at radius 3 is 2.80 bits per heavy atom. The van der Waals surface area contributed by atoms with Crippen LogP contribution in [0.5, 0.6) is 5.75 Å². The maximum Gasteiger partial charge on any atom is 0.340 e. The van der Waals surface area contributed by atoms with Crippen molar-refractivity contribution in [1.29, 1.82) is 0 Å². The molecule has 2 N–H and O–H groups in total. The number of hydrogen-bond acceptors (Lipinski definition) is 8. The zero-order chi connectivity index (χ0) is 35.8. The second-order valence-corrected chi connectivity index (χ2v) is 15.9. The topological polar surface area (TPSA) is 112 Å². The van der Waals surface area contributed by atoms with Gasteiger partial charge in [0, 0.05) is 56.3 Å². The third kappa shape index (κ3) is 7.40. The summed E-state index contributed by atoms with van der Waals surface area (Å²) in [7, 11) is 1.66. The van der Waals surface area contributed by atoms with Gasteiger partial charge in [0.25, 0.3) is 0 Å². The monoisotopic (exact) mass is 721 g/mol. The van der Waals surface area contributed by atoms with Crippen molar-refractivity contribution in [2.24, 2.45) is 11.8 Å². The predicted molar refractivity (Wildman–Crippen MR) is 196 cm³/mol. The number of carbonyl (C=O) groups is 2. The Morgan fingerprint density at radius 1 is 1.16 bits per heavy atom. The number of amides is 1. The Bertz CT molecular complexity index is 1640. The number of aryl methyl sites for hydroxylation is 1. The summed E-state index contributed by atoms with van der Waals surface area (Å²) < 4.78 is 19.0. The number of ether oxygens (including phenoxy) is 3. The van der Waals surface area contributed by atoms with Gasteiger partial charge in [-0.1, -0.05) is 35.9 Å². The Kier molecular flexibility index (Phi) is 10.7. The number of aliphatic carboxylic acids is 1. The number of anilines is 1. The van der Waals surface area contributed by atoms with E-state index in [-0.39, 0.29) is 17.1 Å². The lowest BCUT2D eigenvalue weighted by atomic mass is 9.68. The molecule has 11 heteroatoms. The molecule has 0 radical (unpaired) electrons. The first kappa shape index (κ1) is 36.2. The average Bonchev–Trinajstić information content (AvgIpc) is 3.25. The van der Waals surface area contributed by atoms with Crippen molar-refractivity contribution in [2.45, 2.75) is 75.0 Å². The van der Waals surface area contributed by atoms with Crippen LogP contribution in [0.25, 0.3) is 0 Å². The van der Waals surface area contributed by atoms with Crippen LogP contribution in [-0.4, -0.2) is 110 Å². The molecule has 51 heavy (non-hydrogen) atoms. The first-order chi connectivity index (χ1) is 24.6. The van der Waals surface area contributed by atoms with Crippen LogP contribution in [0.4, 0.5) is 5.69 Å². The molecular weight excluding hydrogens is 670 g/mol. The number of rotatable bonds is 5. The summed E-state index contributed by atoms with van der Waals surface area (Å²) >= 11 is 6.47. The zero-order valence-electron chi connectivity index (χ0n) is 29.9. The summed E-state index contributed by atoms with van der Waals surface area (Å²) in [5.74, 6) is -0.608. The van der Waals surface area contributed by atoms with Gasteiger partial charge in [0.1, 0.15) is 5.75 Å². The Morgan fingerprint density at radius 2 is 2.02 bits per heavy atom. The number of halogens is 1. The molecule has 2 aromatic rings. The highest BCUT2D eigenvalue weighted by molar-refractivity contribution is 6.30. The molecule has 0 unspecified atom stereocenters. The summed E-state index contributed by atoms with van der Waals surface area (Å²) in [5.41, 5.74) is 0.720. The first-order valence-corrected chi connectivity index (χ1v) is 19.1. The molecule has 3 heterocycles. The van der Waals surface area contributed by atoms with Crippen LogP contribution < -0.4 is 9.64 Å². The molecule has 2 aromatic carbocycles. The number of nitrogens with zero attached hydrogens (tertiary/aromatic N) is 3. The van der Waals surface area contributed by atoms with Gasteiger partial charge in [-0.3, -0.25) is 9.69 Å². The normalized spacial score (nSPS) is 32.3. The van der Waals surface area contributed by atoms with Crippen LogP contribution >= 0.6 is 11.6 Å². The van der Waals surface area contributed by atoms with E-state index in [2.05, 4.69) is 41.0 Å². The standard InChI is InChI=1S/C40H52ClN3O7/c1-27-24-49-18-16-43(27)17-19-50-35-7-3-4-15-42(2)37(45)22-40(48,38(46)47)30-9-13-36-34(21-30)44(23-29-8-11-32(29)35)25-39(26-51-36)14-5-6-28-20-31(41)10-12-33(28)39/h3,7,9-10,12-13,20-21,27,29,32,35,48H,4-6,8,11,14-19,22-26H2,1-2H3,(H,46,47)/b7-3-/t27-,29+,32-,35+,39+,40-/m1/s1. The summed E-state index contributed by atoms with van der Waals surface area (Å²) in [6, 6.07) is 11.7. The Labute approximate surface area is 306 Å². The van der Waals surface area contributed by atoms with Crippen LogP contribution in [-0.2, 0) is 36.5 Å². The number of carbonyl (C=O) groups excluding carboxylic acids is 1. The Balaban J connectivity index is 1.24. The maximum atomic E-state index is 13.4. The van der Waals surface area contributed by atoms with Crippen molar-refractivity contribution < 1.29 is 34.0 Å². The predicted octanol–water partition coefficient (Wildman–Crippen LogP) is 5.03. The lowest BCUT2D eigenvalue weighted by Gasteiger charge is -2.46. The number of fused-ring (bicyclic) bond motifs is 4. The second kappa shape index (κ2) is 15.1. The van der Waals surface area contributed by atoms with Crippen LogP contribution in [0.1, 0.15) is 62.1 Å². The number of carboxylic acid groups (broad SMARTS) is 1. The maximum absolute atomic E-state index is 13.4. The van der Waals surface area contributed by atoms with Crippen molar-refractivity contribution in [1.82, 2.24) is 9.80 Å². The van der Waals surface area contributed by atoms with E-state index in [9.17, 15) is 19.8 Å². The lowest BCUT2D eigenvalue weighted by molar-refractivity contribution is -0.164. The molecule has 2 aliphatic carbocycles. The van der Waals surface area contributed by atoms with Crippen LogP contribution in [0.15, 0.2) is 48.6 Å². The second-order valence-electron chi connectivity index (χ2n) is 15.5. The molecule has 2 fully saturated rings. The van der Waals surface area contributed by atoms with E-state index in [4.69, 9.17) is 25.8 Å². The highest BCUT2D eigenvalue weighted by Crippen LogP contribution is 2.48. The van der Waals surface area contributed by atoms with Gasteiger partial charge < -0.3 is 34.2 Å². The van der Waals surface area contributed by atoms with Crippen LogP contribution in [0.2, 0.25) is 5.02 Å². The van der Waals surface area contributed by atoms with Crippen molar-refractivity contribution in [3.8, 4) is 5.75 Å². The molecule has 2 bridgehead atoms. The quantitative estimate of drug-likeness (QED) is 0.411. The molecule has 276 valence electrons. The van der Waals surface area contributed by atoms with Crippen LogP contribution in [0.3, 0.4) is 0 Å². The van der Waals surface area contributed by atoms with Crippen molar-refractivity contribution in [3.05, 3.63) is 70.3 Å². The van der Waals surface area contributed by atoms with Gasteiger partial charge in [-0.05, 0) is 98.2 Å². The summed E-state index contributed by atoms with van der Waals surface area (Å²) in [5, 5.41) is 22.8. The smallest absolute Gasteiger partial charge is 0.340 e. The van der Waals surface area contributed by atoms with Gasteiger partial charge in [-0.15, -0.1) is 0 Å². The molecule has 1 saturated carbocycles. The van der Waals surface area contributed by atoms with Gasteiger partial charge in [0.15, 0.2) is 5.60 Å². The molecule has 3 aliphatic heterocycles. The SMILES string of the molecule is C[C@@H]1COCCN1CCO[C@H]1/C=C\CCN(C)C(=O)C[C@](O)(C(=O)O)c2ccc3c(c2)N(C[C@@H]2CC[C@H]21)C[C@@]1(CCCc2cc(Cl)ccc21)CO3. The third-order valence-electron chi connectivity index (χ3n) is 12.2. The van der Waals surface area contributed by atoms with Crippen molar-refractivity contribution >= 4 is 29.2 Å². The Hall–Kier alpha value is -3.15. The van der Waals surface area contributed by atoms with E-state index in [1.54, 1.807) is 25.2 Å². The molecule has 1 saturated heterocycles. The lowest BCUT2D eigenvalue weighted by Crippen LogP contribution is -2.50. The molecule has 7 rings (SSSR count). The fraction of sp³-hybridized carbons (Fsp3) is 0.600. The number of aliphatic hydroxyl groups is 1. The summed E-state index contributed by atoms with van der Waals surface area (Å²) in [6.07, 6.45) is 9.25. The molecule has 0 aromatic heterocycles. The zero-order valence-corrected chi connectivity index (χ0v) is 30.7. The van der Waals surface area contributed by atoms with Gasteiger partial charge in [-0.25, -0.2) is 4.79 Å². The van der Waals surface area contributed by atoms with E-state index in [0.717, 1.165) is 75.7 Å². The molecule has 6 atom stereocenters.